The summed E-state index contributed by atoms with van der Waals surface area (Å²) in [5.41, 5.74) is 0.475. The molecule has 0 saturated carbocycles. The fourth-order valence-electron chi connectivity index (χ4n) is 1.98. The minimum atomic E-state index is -1.04. The molecule has 1 saturated heterocycles. The van der Waals surface area contributed by atoms with Crippen molar-refractivity contribution in [3.63, 3.8) is 0 Å². The highest BCUT2D eigenvalue weighted by atomic mass is 127. The number of nitrogens with one attached hydrogen (secondary N) is 2. The molecule has 1 heterocycles. The van der Waals surface area contributed by atoms with E-state index >= 15 is 0 Å². The zero-order chi connectivity index (χ0) is 14.5. The molecule has 1 aliphatic heterocycles. The molecule has 0 aliphatic carbocycles. The van der Waals surface area contributed by atoms with E-state index in [1.54, 1.807) is 18.2 Å². The summed E-state index contributed by atoms with van der Waals surface area (Å²) in [7, 11) is 0. The molecular weight excluding hydrogens is 391 g/mol. The molecule has 1 atom stereocenters. The second-order valence-electron chi connectivity index (χ2n) is 4.47. The van der Waals surface area contributed by atoms with Crippen LogP contribution in [-0.2, 0) is 4.79 Å². The maximum absolute atomic E-state index is 12.0. The van der Waals surface area contributed by atoms with Gasteiger partial charge in [0.05, 0.1) is 11.3 Å². The molecule has 3 N–H and O–H groups in total. The summed E-state index contributed by atoms with van der Waals surface area (Å²) in [4.78, 5) is 23.2. The normalized spacial score (nSPS) is 18.6. The van der Waals surface area contributed by atoms with Crippen LogP contribution in [0.4, 0.5) is 5.69 Å². The number of thioether (sulfide) groups is 1. The molecule has 1 amide bonds. The van der Waals surface area contributed by atoms with E-state index in [2.05, 4.69) is 10.6 Å². The van der Waals surface area contributed by atoms with Crippen LogP contribution in [-0.4, -0.2) is 41.1 Å². The predicted octanol–water partition coefficient (Wildman–Crippen LogP) is 2.02. The number of anilines is 1. The number of halogens is 1. The molecular formula is C13H15IN2O3S. The Bertz CT molecular complexity index is 518. The van der Waals surface area contributed by atoms with Crippen molar-refractivity contribution in [3.8, 4) is 0 Å². The number of hydrogen-bond acceptors (Lipinski definition) is 4. The number of benzene rings is 1. The quantitative estimate of drug-likeness (QED) is 0.667. The average Bonchev–Trinajstić information content (AvgIpc) is 2.41. The van der Waals surface area contributed by atoms with E-state index in [-0.39, 0.29) is 17.5 Å². The van der Waals surface area contributed by atoms with E-state index in [9.17, 15) is 9.59 Å². The van der Waals surface area contributed by atoms with E-state index in [0.717, 1.165) is 21.6 Å². The highest BCUT2D eigenvalue weighted by Crippen LogP contribution is 2.20. The SMILES string of the molecule is O=C(CC1CSCCN1)Nc1ccc(I)cc1C(=O)O. The van der Waals surface area contributed by atoms with Crippen LogP contribution in [0.5, 0.6) is 0 Å². The van der Waals surface area contributed by atoms with Gasteiger partial charge in [-0.25, -0.2) is 4.79 Å². The van der Waals surface area contributed by atoms with Crippen molar-refractivity contribution in [3.05, 3.63) is 27.3 Å². The van der Waals surface area contributed by atoms with Crippen molar-refractivity contribution in [2.75, 3.05) is 23.4 Å². The van der Waals surface area contributed by atoms with Crippen LogP contribution < -0.4 is 10.6 Å². The third-order valence-electron chi connectivity index (χ3n) is 2.92. The Hall–Kier alpha value is -0.800. The highest BCUT2D eigenvalue weighted by molar-refractivity contribution is 14.1. The molecule has 1 fully saturated rings. The number of hydrogen-bond donors (Lipinski definition) is 3. The van der Waals surface area contributed by atoms with Gasteiger partial charge >= 0.3 is 5.97 Å². The lowest BCUT2D eigenvalue weighted by atomic mass is 10.1. The van der Waals surface area contributed by atoms with Gasteiger partial charge in [0.1, 0.15) is 0 Å². The van der Waals surface area contributed by atoms with Crippen LogP contribution in [0, 0.1) is 3.57 Å². The minimum Gasteiger partial charge on any atom is -0.478 e. The Morgan fingerprint density at radius 3 is 2.95 bits per heavy atom. The smallest absolute Gasteiger partial charge is 0.337 e. The van der Waals surface area contributed by atoms with Crippen LogP contribution in [0.1, 0.15) is 16.8 Å². The molecule has 108 valence electrons. The highest BCUT2D eigenvalue weighted by Gasteiger charge is 2.18. The third kappa shape index (κ3) is 4.35. The van der Waals surface area contributed by atoms with Gasteiger partial charge in [0.25, 0.3) is 0 Å². The summed E-state index contributed by atoms with van der Waals surface area (Å²) >= 11 is 3.87. The van der Waals surface area contributed by atoms with Gasteiger partial charge in [-0.15, -0.1) is 0 Å². The van der Waals surface area contributed by atoms with E-state index in [4.69, 9.17) is 5.11 Å². The lowest BCUT2D eigenvalue weighted by molar-refractivity contribution is -0.116. The largest absolute Gasteiger partial charge is 0.478 e. The number of carboxylic acid groups (broad SMARTS) is 1. The lowest BCUT2D eigenvalue weighted by Crippen LogP contribution is -2.40. The topological polar surface area (TPSA) is 78.4 Å². The molecule has 0 aromatic heterocycles. The number of rotatable bonds is 4. The molecule has 7 heteroatoms. The van der Waals surface area contributed by atoms with E-state index < -0.39 is 5.97 Å². The maximum atomic E-state index is 12.0. The molecule has 0 radical (unpaired) electrons. The maximum Gasteiger partial charge on any atom is 0.337 e. The minimum absolute atomic E-state index is 0.122. The van der Waals surface area contributed by atoms with Crippen molar-refractivity contribution >= 4 is 51.9 Å². The van der Waals surface area contributed by atoms with E-state index in [0.29, 0.717) is 12.1 Å². The Kier molecular flexibility index (Phi) is 5.67. The predicted molar refractivity (Wildman–Crippen MR) is 88.5 cm³/mol. The van der Waals surface area contributed by atoms with E-state index in [1.807, 2.05) is 34.4 Å². The Morgan fingerprint density at radius 1 is 1.50 bits per heavy atom. The summed E-state index contributed by atoms with van der Waals surface area (Å²) in [6, 6.07) is 5.11. The first-order valence-electron chi connectivity index (χ1n) is 6.20. The number of carbonyl (C=O) groups excluding carboxylic acids is 1. The number of amides is 1. The summed E-state index contributed by atoms with van der Waals surface area (Å²) in [6.45, 7) is 0.909. The van der Waals surface area contributed by atoms with Crippen molar-refractivity contribution in [1.29, 1.82) is 0 Å². The van der Waals surface area contributed by atoms with Gasteiger partial charge in [0.2, 0.25) is 5.91 Å². The van der Waals surface area contributed by atoms with Gasteiger partial charge in [-0.3, -0.25) is 4.79 Å². The third-order valence-corrected chi connectivity index (χ3v) is 4.72. The fourth-order valence-corrected chi connectivity index (χ4v) is 3.42. The summed E-state index contributed by atoms with van der Waals surface area (Å²) < 4.78 is 0.823. The second kappa shape index (κ2) is 7.28. The van der Waals surface area contributed by atoms with Crippen LogP contribution >= 0.6 is 34.4 Å². The number of carboxylic acids is 1. The van der Waals surface area contributed by atoms with Crippen LogP contribution in [0.2, 0.25) is 0 Å². The average molecular weight is 406 g/mol. The van der Waals surface area contributed by atoms with Crippen molar-refractivity contribution in [1.82, 2.24) is 5.32 Å². The van der Waals surface area contributed by atoms with E-state index in [1.165, 1.54) is 0 Å². The van der Waals surface area contributed by atoms with Gasteiger partial charge in [0, 0.05) is 34.1 Å². The number of carbonyl (C=O) groups is 2. The standard InChI is InChI=1S/C13H15IN2O3S/c14-8-1-2-11(10(5-8)13(18)19)16-12(17)6-9-7-20-4-3-15-9/h1-2,5,9,15H,3-4,6-7H2,(H,16,17)(H,18,19). The van der Waals surface area contributed by atoms with Gasteiger partial charge in [0.15, 0.2) is 0 Å². The monoisotopic (exact) mass is 406 g/mol. The fraction of sp³-hybridized carbons (Fsp3) is 0.385. The van der Waals surface area contributed by atoms with Crippen LogP contribution in [0.25, 0.3) is 0 Å². The molecule has 5 nitrogen and oxygen atoms in total. The van der Waals surface area contributed by atoms with Gasteiger partial charge in [-0.05, 0) is 40.8 Å². The van der Waals surface area contributed by atoms with Crippen molar-refractivity contribution < 1.29 is 14.7 Å². The summed E-state index contributed by atoms with van der Waals surface area (Å²) in [5, 5.41) is 15.1. The molecule has 1 aliphatic rings. The van der Waals surface area contributed by atoms with Crippen LogP contribution in [0.15, 0.2) is 18.2 Å². The second-order valence-corrected chi connectivity index (χ2v) is 6.87. The molecule has 0 bridgehead atoms. The molecule has 1 unspecified atom stereocenters. The van der Waals surface area contributed by atoms with Crippen molar-refractivity contribution in [2.24, 2.45) is 0 Å². The zero-order valence-corrected chi connectivity index (χ0v) is 13.7. The first-order chi connectivity index (χ1) is 9.56. The Labute approximate surface area is 135 Å². The zero-order valence-electron chi connectivity index (χ0n) is 10.7. The Balaban J connectivity index is 2.01. The van der Waals surface area contributed by atoms with Crippen molar-refractivity contribution in [2.45, 2.75) is 12.5 Å². The summed E-state index contributed by atoms with van der Waals surface area (Å²) in [6.07, 6.45) is 0.359. The lowest BCUT2D eigenvalue weighted by Gasteiger charge is -2.22. The first kappa shape index (κ1) is 15.6. The first-order valence-corrected chi connectivity index (χ1v) is 8.43. The molecule has 2 rings (SSSR count). The molecule has 1 aromatic carbocycles. The molecule has 20 heavy (non-hydrogen) atoms. The summed E-state index contributed by atoms with van der Waals surface area (Å²) in [5.74, 6) is 0.781. The van der Waals surface area contributed by atoms with Gasteiger partial charge < -0.3 is 15.7 Å². The number of aromatic carboxylic acids is 1. The Morgan fingerprint density at radius 2 is 2.30 bits per heavy atom. The van der Waals surface area contributed by atoms with Crippen LogP contribution in [0.3, 0.4) is 0 Å². The van der Waals surface area contributed by atoms with Gasteiger partial charge in [-0.2, -0.15) is 11.8 Å². The molecule has 0 spiro atoms. The van der Waals surface area contributed by atoms with Gasteiger partial charge in [-0.1, -0.05) is 0 Å². The molecule has 1 aromatic rings.